The molecule has 0 unspecified atom stereocenters. The highest BCUT2D eigenvalue weighted by atomic mass is 16.2. The highest BCUT2D eigenvalue weighted by Crippen LogP contribution is 2.14. The van der Waals surface area contributed by atoms with Crippen LogP contribution in [0.25, 0.3) is 0 Å². The Hall–Kier alpha value is -3.48. The predicted molar refractivity (Wildman–Crippen MR) is 97.7 cm³/mol. The molecule has 2 amide bonds. The van der Waals surface area contributed by atoms with Crippen molar-refractivity contribution in [2.45, 2.75) is 13.0 Å². The van der Waals surface area contributed by atoms with Gasteiger partial charge in [0.15, 0.2) is 5.69 Å². The van der Waals surface area contributed by atoms with Gasteiger partial charge in [-0.15, -0.1) is 0 Å². The second kappa shape index (κ2) is 7.60. The van der Waals surface area contributed by atoms with Gasteiger partial charge in [0.1, 0.15) is 5.82 Å². The van der Waals surface area contributed by atoms with E-state index in [-0.39, 0.29) is 23.6 Å². The van der Waals surface area contributed by atoms with Crippen LogP contribution in [0.5, 0.6) is 0 Å². The molecule has 2 heterocycles. The SMILES string of the molecule is C[C@H](NC(=O)c1cc(NC(=O)c2ccccc2)n(C)n1)c1ccncc1. The van der Waals surface area contributed by atoms with Crippen LogP contribution in [-0.2, 0) is 7.05 Å². The minimum Gasteiger partial charge on any atom is -0.344 e. The molecule has 0 saturated heterocycles. The van der Waals surface area contributed by atoms with E-state index in [0.717, 1.165) is 5.56 Å². The second-order valence-corrected chi connectivity index (χ2v) is 5.83. The van der Waals surface area contributed by atoms with Crippen molar-refractivity contribution < 1.29 is 9.59 Å². The van der Waals surface area contributed by atoms with E-state index in [1.165, 1.54) is 4.68 Å². The first kappa shape index (κ1) is 17.3. The molecule has 3 rings (SSSR count). The smallest absolute Gasteiger partial charge is 0.272 e. The number of anilines is 1. The maximum Gasteiger partial charge on any atom is 0.272 e. The third kappa shape index (κ3) is 3.94. The summed E-state index contributed by atoms with van der Waals surface area (Å²) in [7, 11) is 1.67. The van der Waals surface area contributed by atoms with Crippen molar-refractivity contribution >= 4 is 17.6 Å². The number of nitrogens with zero attached hydrogens (tertiary/aromatic N) is 3. The Balaban J connectivity index is 1.69. The molecule has 3 aromatic rings. The molecule has 26 heavy (non-hydrogen) atoms. The van der Waals surface area contributed by atoms with Crippen LogP contribution in [0.15, 0.2) is 60.9 Å². The largest absolute Gasteiger partial charge is 0.344 e. The summed E-state index contributed by atoms with van der Waals surface area (Å²) in [5, 5.41) is 9.82. The van der Waals surface area contributed by atoms with Crippen molar-refractivity contribution in [3.8, 4) is 0 Å². The van der Waals surface area contributed by atoms with Gasteiger partial charge in [0.25, 0.3) is 11.8 Å². The standard InChI is InChI=1S/C19H19N5O2/c1-13(14-8-10-20-11-9-14)21-19(26)16-12-17(24(2)23-16)22-18(25)15-6-4-3-5-7-15/h3-13H,1-2H3,(H,21,26)(H,22,25)/t13-/m0/s1. The van der Waals surface area contributed by atoms with E-state index >= 15 is 0 Å². The van der Waals surface area contributed by atoms with Crippen LogP contribution >= 0.6 is 0 Å². The molecule has 0 spiro atoms. The molecule has 1 aromatic carbocycles. The van der Waals surface area contributed by atoms with E-state index in [4.69, 9.17) is 0 Å². The van der Waals surface area contributed by atoms with Crippen LogP contribution < -0.4 is 10.6 Å². The zero-order valence-corrected chi connectivity index (χ0v) is 14.5. The average Bonchev–Trinajstić information content (AvgIpc) is 3.03. The lowest BCUT2D eigenvalue weighted by atomic mass is 10.1. The molecule has 0 fully saturated rings. The Bertz CT molecular complexity index is 906. The Morgan fingerprint density at radius 2 is 1.73 bits per heavy atom. The highest BCUT2D eigenvalue weighted by Gasteiger charge is 2.17. The van der Waals surface area contributed by atoms with Crippen molar-refractivity contribution in [2.24, 2.45) is 7.05 Å². The van der Waals surface area contributed by atoms with Gasteiger partial charge in [0.2, 0.25) is 0 Å². The van der Waals surface area contributed by atoms with Crippen molar-refractivity contribution in [3.05, 3.63) is 77.7 Å². The summed E-state index contributed by atoms with van der Waals surface area (Å²) in [6.45, 7) is 1.88. The van der Waals surface area contributed by atoms with Crippen molar-refractivity contribution in [2.75, 3.05) is 5.32 Å². The number of aryl methyl sites for hydroxylation is 1. The van der Waals surface area contributed by atoms with E-state index in [2.05, 4.69) is 20.7 Å². The first-order valence-corrected chi connectivity index (χ1v) is 8.16. The number of carbonyl (C=O) groups excluding carboxylic acids is 2. The van der Waals surface area contributed by atoms with Crippen LogP contribution in [0.4, 0.5) is 5.82 Å². The molecule has 7 heteroatoms. The minimum atomic E-state index is -0.315. The quantitative estimate of drug-likeness (QED) is 0.741. The maximum atomic E-state index is 12.4. The van der Waals surface area contributed by atoms with Gasteiger partial charge in [0, 0.05) is 31.1 Å². The maximum absolute atomic E-state index is 12.4. The normalized spacial score (nSPS) is 11.6. The molecule has 0 aliphatic rings. The Morgan fingerprint density at radius 3 is 2.42 bits per heavy atom. The molecule has 0 saturated carbocycles. The summed E-state index contributed by atoms with van der Waals surface area (Å²) in [6.07, 6.45) is 3.35. The van der Waals surface area contributed by atoms with Crippen molar-refractivity contribution in [3.63, 3.8) is 0 Å². The fraction of sp³-hybridized carbons (Fsp3) is 0.158. The molecule has 7 nitrogen and oxygen atoms in total. The third-order valence-electron chi connectivity index (χ3n) is 3.94. The van der Waals surface area contributed by atoms with Crippen LogP contribution in [-0.4, -0.2) is 26.6 Å². The van der Waals surface area contributed by atoms with E-state index in [1.807, 2.05) is 25.1 Å². The fourth-order valence-corrected chi connectivity index (χ4v) is 2.48. The molecule has 132 valence electrons. The summed E-state index contributed by atoms with van der Waals surface area (Å²) >= 11 is 0. The summed E-state index contributed by atoms with van der Waals surface area (Å²) in [5.74, 6) is -0.128. The number of benzene rings is 1. The van der Waals surface area contributed by atoms with Gasteiger partial charge in [-0.25, -0.2) is 0 Å². The van der Waals surface area contributed by atoms with E-state index in [0.29, 0.717) is 11.4 Å². The number of rotatable bonds is 5. The highest BCUT2D eigenvalue weighted by molar-refractivity contribution is 6.04. The van der Waals surface area contributed by atoms with Gasteiger partial charge < -0.3 is 10.6 Å². The van der Waals surface area contributed by atoms with Crippen molar-refractivity contribution in [1.82, 2.24) is 20.1 Å². The third-order valence-corrected chi connectivity index (χ3v) is 3.94. The second-order valence-electron chi connectivity index (χ2n) is 5.83. The number of amides is 2. The van der Waals surface area contributed by atoms with Gasteiger partial charge in [-0.2, -0.15) is 5.10 Å². The fourth-order valence-electron chi connectivity index (χ4n) is 2.48. The van der Waals surface area contributed by atoms with E-state index in [1.54, 1.807) is 49.8 Å². The molecule has 0 aliphatic carbocycles. The van der Waals surface area contributed by atoms with E-state index in [9.17, 15) is 9.59 Å². The van der Waals surface area contributed by atoms with Gasteiger partial charge in [-0.3, -0.25) is 19.3 Å². The number of nitrogens with one attached hydrogen (secondary N) is 2. The topological polar surface area (TPSA) is 88.9 Å². The van der Waals surface area contributed by atoms with Crippen molar-refractivity contribution in [1.29, 1.82) is 0 Å². The van der Waals surface area contributed by atoms with Crippen LogP contribution in [0, 0.1) is 0 Å². The zero-order valence-electron chi connectivity index (χ0n) is 14.5. The molecule has 0 aliphatic heterocycles. The number of pyridine rings is 1. The zero-order chi connectivity index (χ0) is 18.5. The predicted octanol–water partition coefficient (Wildman–Crippen LogP) is 2.56. The van der Waals surface area contributed by atoms with Gasteiger partial charge in [-0.1, -0.05) is 18.2 Å². The van der Waals surface area contributed by atoms with Crippen LogP contribution in [0.3, 0.4) is 0 Å². The number of hydrogen-bond acceptors (Lipinski definition) is 4. The van der Waals surface area contributed by atoms with Crippen LogP contribution in [0.1, 0.15) is 39.4 Å². The Kier molecular flexibility index (Phi) is 5.07. The minimum absolute atomic E-state index is 0.185. The number of carbonyl (C=O) groups is 2. The average molecular weight is 349 g/mol. The first-order valence-electron chi connectivity index (χ1n) is 8.16. The van der Waals surface area contributed by atoms with Crippen LogP contribution in [0.2, 0.25) is 0 Å². The number of aromatic nitrogens is 3. The first-order chi connectivity index (χ1) is 12.5. The number of hydrogen-bond donors (Lipinski definition) is 2. The molecule has 0 radical (unpaired) electrons. The van der Waals surface area contributed by atoms with E-state index < -0.39 is 0 Å². The lowest BCUT2D eigenvalue weighted by Gasteiger charge is -2.12. The Labute approximate surface area is 151 Å². The summed E-state index contributed by atoms with van der Waals surface area (Å²) in [4.78, 5) is 28.6. The monoisotopic (exact) mass is 349 g/mol. The van der Waals surface area contributed by atoms with Gasteiger partial charge in [0.05, 0.1) is 6.04 Å². The molecular formula is C19H19N5O2. The molecule has 2 N–H and O–H groups in total. The van der Waals surface area contributed by atoms with Gasteiger partial charge in [-0.05, 0) is 36.8 Å². The molecule has 2 aromatic heterocycles. The summed E-state index contributed by atoms with van der Waals surface area (Å²) < 4.78 is 1.47. The molecule has 1 atom stereocenters. The lowest BCUT2D eigenvalue weighted by molar-refractivity contribution is 0.0933. The summed E-state index contributed by atoms with van der Waals surface area (Å²) in [5.41, 5.74) is 1.71. The lowest BCUT2D eigenvalue weighted by Crippen LogP contribution is -2.27. The molecule has 0 bridgehead atoms. The Morgan fingerprint density at radius 1 is 1.04 bits per heavy atom. The summed E-state index contributed by atoms with van der Waals surface area (Å²) in [6, 6.07) is 13.9. The van der Waals surface area contributed by atoms with Gasteiger partial charge >= 0.3 is 0 Å². The molecular weight excluding hydrogens is 330 g/mol.